The Morgan fingerprint density at radius 1 is 1.19 bits per heavy atom. The minimum absolute atomic E-state index is 0.0466. The van der Waals surface area contributed by atoms with E-state index < -0.39 is 5.60 Å². The maximum Gasteiger partial charge on any atom is 0.244 e. The van der Waals surface area contributed by atoms with Gasteiger partial charge in [-0.2, -0.15) is 0 Å². The quantitative estimate of drug-likeness (QED) is 0.902. The Morgan fingerprint density at radius 3 is 2.29 bits per heavy atom. The smallest absolute Gasteiger partial charge is 0.244 e. The molecule has 1 saturated carbocycles. The summed E-state index contributed by atoms with van der Waals surface area (Å²) in [5.74, 6) is 0.0466. The van der Waals surface area contributed by atoms with Crippen LogP contribution >= 0.6 is 0 Å². The number of nitrogens with zero attached hydrogens (tertiary/aromatic N) is 2. The number of hydrogen-bond donors (Lipinski definition) is 1. The van der Waals surface area contributed by atoms with E-state index >= 15 is 0 Å². The lowest BCUT2D eigenvalue weighted by molar-refractivity contribution is -0.135. The summed E-state index contributed by atoms with van der Waals surface area (Å²) in [4.78, 5) is 16.2. The van der Waals surface area contributed by atoms with E-state index in [-0.39, 0.29) is 11.9 Å². The van der Waals surface area contributed by atoms with Crippen LogP contribution in [0.2, 0.25) is 0 Å². The third-order valence-corrected chi connectivity index (χ3v) is 4.31. The molecule has 2 rings (SSSR count). The zero-order valence-electron chi connectivity index (χ0n) is 13.2. The number of carbonyl (C=O) groups excluding carboxylic acids is 1. The molecule has 116 valence electrons. The molecule has 0 bridgehead atoms. The molecule has 4 heteroatoms. The molecule has 0 heterocycles. The van der Waals surface area contributed by atoms with Gasteiger partial charge in [-0.1, -0.05) is 43.2 Å². The summed E-state index contributed by atoms with van der Waals surface area (Å²) in [5, 5.41) is 10.6. The third kappa shape index (κ3) is 3.83. The number of benzene rings is 1. The maximum atomic E-state index is 12.6. The highest BCUT2D eigenvalue weighted by Gasteiger charge is 2.36. The summed E-state index contributed by atoms with van der Waals surface area (Å²) in [7, 11) is 5.47. The molecule has 1 atom stereocenters. The molecule has 0 aliphatic heterocycles. The van der Waals surface area contributed by atoms with Gasteiger partial charge >= 0.3 is 0 Å². The van der Waals surface area contributed by atoms with E-state index in [1.54, 1.807) is 19.0 Å². The van der Waals surface area contributed by atoms with Crippen molar-refractivity contribution in [1.82, 2.24) is 9.80 Å². The Balaban J connectivity index is 2.20. The van der Waals surface area contributed by atoms with Crippen molar-refractivity contribution < 1.29 is 9.90 Å². The Kier molecular flexibility index (Phi) is 5.01. The van der Waals surface area contributed by atoms with E-state index in [1.807, 2.05) is 42.3 Å². The average Bonchev–Trinajstić information content (AvgIpc) is 2.86. The van der Waals surface area contributed by atoms with Crippen LogP contribution in [0.3, 0.4) is 0 Å². The van der Waals surface area contributed by atoms with Crippen LogP contribution in [0.15, 0.2) is 30.3 Å². The Morgan fingerprint density at radius 2 is 1.76 bits per heavy atom. The number of likely N-dealkylation sites (N-methyl/N-ethyl adjacent to an activating group) is 2. The highest BCUT2D eigenvalue weighted by atomic mass is 16.3. The minimum Gasteiger partial charge on any atom is -0.389 e. The van der Waals surface area contributed by atoms with Crippen molar-refractivity contribution in [2.24, 2.45) is 0 Å². The maximum absolute atomic E-state index is 12.6. The fourth-order valence-corrected chi connectivity index (χ4v) is 3.21. The lowest BCUT2D eigenvalue weighted by Crippen LogP contribution is -2.45. The van der Waals surface area contributed by atoms with Gasteiger partial charge in [-0.15, -0.1) is 0 Å². The third-order valence-electron chi connectivity index (χ3n) is 4.31. The predicted molar refractivity (Wildman–Crippen MR) is 83.9 cm³/mol. The molecule has 0 aromatic heterocycles. The molecule has 0 saturated heterocycles. The second-order valence-electron chi connectivity index (χ2n) is 6.39. The van der Waals surface area contributed by atoms with Crippen LogP contribution in [0.4, 0.5) is 0 Å². The first-order valence-corrected chi connectivity index (χ1v) is 7.62. The first-order chi connectivity index (χ1) is 9.93. The van der Waals surface area contributed by atoms with Gasteiger partial charge in [0.2, 0.25) is 5.91 Å². The van der Waals surface area contributed by atoms with Gasteiger partial charge in [0, 0.05) is 20.6 Å². The Bertz CT molecular complexity index is 467. The van der Waals surface area contributed by atoms with E-state index in [0.717, 1.165) is 31.2 Å². The Hall–Kier alpha value is -1.39. The zero-order chi connectivity index (χ0) is 15.5. The number of aliphatic hydroxyl groups is 1. The van der Waals surface area contributed by atoms with Crippen LogP contribution in [-0.4, -0.2) is 54.1 Å². The second kappa shape index (κ2) is 6.58. The second-order valence-corrected chi connectivity index (χ2v) is 6.39. The van der Waals surface area contributed by atoms with Crippen molar-refractivity contribution in [2.75, 3.05) is 27.7 Å². The lowest BCUT2D eigenvalue weighted by atomic mass is 9.98. The molecular formula is C17H26N2O2. The fraction of sp³-hybridized carbons (Fsp3) is 0.588. The minimum atomic E-state index is -0.644. The van der Waals surface area contributed by atoms with Crippen LogP contribution in [0.1, 0.15) is 37.3 Å². The van der Waals surface area contributed by atoms with Gasteiger partial charge < -0.3 is 10.0 Å². The van der Waals surface area contributed by atoms with Crippen molar-refractivity contribution in [3.8, 4) is 0 Å². The van der Waals surface area contributed by atoms with Crippen LogP contribution in [0.25, 0.3) is 0 Å². The first-order valence-electron chi connectivity index (χ1n) is 7.62. The van der Waals surface area contributed by atoms with Gasteiger partial charge in [0.05, 0.1) is 5.60 Å². The monoisotopic (exact) mass is 290 g/mol. The topological polar surface area (TPSA) is 43.8 Å². The normalized spacial score (nSPS) is 18.7. The average molecular weight is 290 g/mol. The molecule has 1 amide bonds. The van der Waals surface area contributed by atoms with Crippen molar-refractivity contribution in [1.29, 1.82) is 0 Å². The molecule has 1 aliphatic rings. The molecule has 0 radical (unpaired) electrons. The van der Waals surface area contributed by atoms with Gasteiger partial charge in [-0.3, -0.25) is 9.69 Å². The van der Waals surface area contributed by atoms with Gasteiger partial charge in [-0.05, 0) is 25.5 Å². The summed E-state index contributed by atoms with van der Waals surface area (Å²) < 4.78 is 0. The van der Waals surface area contributed by atoms with Crippen LogP contribution in [-0.2, 0) is 4.79 Å². The molecule has 21 heavy (non-hydrogen) atoms. The van der Waals surface area contributed by atoms with Gasteiger partial charge in [0.15, 0.2) is 0 Å². The van der Waals surface area contributed by atoms with E-state index in [1.165, 1.54) is 0 Å². The SMILES string of the molecule is CN(C)C(=O)C(c1ccccc1)N(C)CC1(O)CCCC1. The van der Waals surface area contributed by atoms with Crippen molar-refractivity contribution in [3.63, 3.8) is 0 Å². The van der Waals surface area contributed by atoms with E-state index in [9.17, 15) is 9.90 Å². The molecule has 1 aromatic rings. The number of rotatable bonds is 5. The summed E-state index contributed by atoms with van der Waals surface area (Å²) >= 11 is 0. The van der Waals surface area contributed by atoms with Crippen LogP contribution in [0, 0.1) is 0 Å². The molecular weight excluding hydrogens is 264 g/mol. The molecule has 1 aliphatic carbocycles. The van der Waals surface area contributed by atoms with E-state index in [4.69, 9.17) is 0 Å². The number of hydrogen-bond acceptors (Lipinski definition) is 3. The zero-order valence-corrected chi connectivity index (χ0v) is 13.2. The largest absolute Gasteiger partial charge is 0.389 e. The summed E-state index contributed by atoms with van der Waals surface area (Å²) in [6.07, 6.45) is 3.80. The Labute approximate surface area is 127 Å². The molecule has 1 aromatic carbocycles. The summed E-state index contributed by atoms with van der Waals surface area (Å²) in [6.45, 7) is 0.534. The van der Waals surface area contributed by atoms with Crippen molar-refractivity contribution in [2.45, 2.75) is 37.3 Å². The van der Waals surface area contributed by atoms with Crippen molar-refractivity contribution in [3.05, 3.63) is 35.9 Å². The molecule has 4 nitrogen and oxygen atoms in total. The van der Waals surface area contributed by atoms with Gasteiger partial charge in [-0.25, -0.2) is 0 Å². The van der Waals surface area contributed by atoms with Crippen LogP contribution in [0.5, 0.6) is 0 Å². The van der Waals surface area contributed by atoms with Crippen LogP contribution < -0.4 is 0 Å². The van der Waals surface area contributed by atoms with E-state index in [0.29, 0.717) is 6.54 Å². The molecule has 1 unspecified atom stereocenters. The molecule has 1 N–H and O–H groups in total. The van der Waals surface area contributed by atoms with Gasteiger partial charge in [0.1, 0.15) is 6.04 Å². The van der Waals surface area contributed by atoms with E-state index in [2.05, 4.69) is 0 Å². The highest BCUT2D eigenvalue weighted by molar-refractivity contribution is 5.82. The predicted octanol–water partition coefficient (Wildman–Crippen LogP) is 2.05. The molecule has 0 spiro atoms. The summed E-state index contributed by atoms with van der Waals surface area (Å²) in [6, 6.07) is 9.45. The summed E-state index contributed by atoms with van der Waals surface area (Å²) in [5.41, 5.74) is 0.328. The number of amides is 1. The number of carbonyl (C=O) groups is 1. The standard InChI is InChI=1S/C17H26N2O2/c1-18(2)16(20)15(14-9-5-4-6-10-14)19(3)13-17(21)11-7-8-12-17/h4-6,9-10,15,21H,7-8,11-13H2,1-3H3. The fourth-order valence-electron chi connectivity index (χ4n) is 3.21. The lowest BCUT2D eigenvalue weighted by Gasteiger charge is -2.35. The van der Waals surface area contributed by atoms with Gasteiger partial charge in [0.25, 0.3) is 0 Å². The molecule has 1 fully saturated rings. The first kappa shape index (κ1) is 16.0. The van der Waals surface area contributed by atoms with Crippen molar-refractivity contribution >= 4 is 5.91 Å². The highest BCUT2D eigenvalue weighted by Crippen LogP contribution is 2.32.